The number of carbonyl (C=O) groups excluding carboxylic acids is 1. The summed E-state index contributed by atoms with van der Waals surface area (Å²) in [6, 6.07) is 5.53. The van der Waals surface area contributed by atoms with E-state index in [1.54, 1.807) is 19.1 Å². The number of aliphatic hydroxyl groups excluding tert-OH is 1. The minimum absolute atomic E-state index is 0.0508. The van der Waals surface area contributed by atoms with Crippen LogP contribution in [0.25, 0.3) is 0 Å². The molecule has 0 bridgehead atoms. The zero-order valence-electron chi connectivity index (χ0n) is 8.80. The first-order valence-electron chi connectivity index (χ1n) is 4.80. The summed E-state index contributed by atoms with van der Waals surface area (Å²) >= 11 is 0. The summed E-state index contributed by atoms with van der Waals surface area (Å²) in [4.78, 5) is 22.5. The lowest BCUT2D eigenvalue weighted by Gasteiger charge is -2.11. The molecule has 1 aromatic rings. The number of benzene rings is 1. The molecule has 0 aliphatic rings. The number of carbonyl (C=O) groups is 2. The van der Waals surface area contributed by atoms with E-state index >= 15 is 0 Å². The average molecular weight is 223 g/mol. The van der Waals surface area contributed by atoms with Crippen LogP contribution in [0.3, 0.4) is 0 Å². The standard InChI is InChI=1S/C11H13NO4/c1-7(6-13)12-10(14)8-4-2-3-5-9(8)11(15)16/h2-5,7,13H,6H2,1H3,(H,12,14)(H,15,16). The smallest absolute Gasteiger partial charge is 0.336 e. The van der Waals surface area contributed by atoms with E-state index in [-0.39, 0.29) is 17.7 Å². The molecule has 3 N–H and O–H groups in total. The van der Waals surface area contributed by atoms with Crippen LogP contribution in [0.2, 0.25) is 0 Å². The first kappa shape index (κ1) is 12.2. The van der Waals surface area contributed by atoms with Gasteiger partial charge in [0.15, 0.2) is 0 Å². The van der Waals surface area contributed by atoms with Crippen LogP contribution in [0.5, 0.6) is 0 Å². The van der Waals surface area contributed by atoms with Gasteiger partial charge in [0, 0.05) is 6.04 Å². The van der Waals surface area contributed by atoms with E-state index in [9.17, 15) is 9.59 Å². The Balaban J connectivity index is 2.95. The third-order valence-corrected chi connectivity index (χ3v) is 2.05. The number of aromatic carboxylic acids is 1. The van der Waals surface area contributed by atoms with Crippen LogP contribution in [-0.4, -0.2) is 34.7 Å². The first-order chi connectivity index (χ1) is 7.56. The van der Waals surface area contributed by atoms with Gasteiger partial charge in [-0.1, -0.05) is 12.1 Å². The molecule has 1 aromatic carbocycles. The predicted octanol–water partition coefficient (Wildman–Crippen LogP) is 0.495. The Labute approximate surface area is 92.7 Å². The van der Waals surface area contributed by atoms with Crippen molar-refractivity contribution in [3.05, 3.63) is 35.4 Å². The summed E-state index contributed by atoms with van der Waals surface area (Å²) < 4.78 is 0. The number of hydrogen-bond acceptors (Lipinski definition) is 3. The zero-order chi connectivity index (χ0) is 12.1. The Morgan fingerprint density at radius 2 is 1.88 bits per heavy atom. The molecule has 0 saturated carbocycles. The van der Waals surface area contributed by atoms with E-state index in [2.05, 4.69) is 5.32 Å². The van der Waals surface area contributed by atoms with Gasteiger partial charge in [-0.25, -0.2) is 4.79 Å². The summed E-state index contributed by atoms with van der Waals surface area (Å²) in [5, 5.41) is 20.1. The molecule has 0 radical (unpaired) electrons. The number of carboxylic acids is 1. The highest BCUT2D eigenvalue weighted by atomic mass is 16.4. The van der Waals surface area contributed by atoms with Crippen molar-refractivity contribution in [2.24, 2.45) is 0 Å². The fourth-order valence-corrected chi connectivity index (χ4v) is 1.21. The lowest BCUT2D eigenvalue weighted by Crippen LogP contribution is -2.35. The van der Waals surface area contributed by atoms with Crippen LogP contribution >= 0.6 is 0 Å². The maximum atomic E-state index is 11.7. The van der Waals surface area contributed by atoms with Crippen LogP contribution < -0.4 is 5.32 Å². The van der Waals surface area contributed by atoms with Gasteiger partial charge >= 0.3 is 5.97 Å². The normalized spacial score (nSPS) is 11.9. The maximum absolute atomic E-state index is 11.7. The maximum Gasteiger partial charge on any atom is 0.336 e. The lowest BCUT2D eigenvalue weighted by atomic mass is 10.1. The van der Waals surface area contributed by atoms with Gasteiger partial charge in [-0.05, 0) is 19.1 Å². The number of amides is 1. The third-order valence-electron chi connectivity index (χ3n) is 2.05. The van der Waals surface area contributed by atoms with Crippen LogP contribution in [-0.2, 0) is 0 Å². The molecule has 0 heterocycles. The molecule has 5 heteroatoms. The minimum atomic E-state index is -1.15. The molecule has 86 valence electrons. The van der Waals surface area contributed by atoms with Gasteiger partial charge in [0.25, 0.3) is 5.91 Å². The second-order valence-corrected chi connectivity index (χ2v) is 3.41. The number of rotatable bonds is 4. The molecule has 0 aromatic heterocycles. The third kappa shape index (κ3) is 2.80. The molecule has 1 unspecified atom stereocenters. The fourth-order valence-electron chi connectivity index (χ4n) is 1.21. The van der Waals surface area contributed by atoms with Crippen molar-refractivity contribution in [2.45, 2.75) is 13.0 Å². The first-order valence-corrected chi connectivity index (χ1v) is 4.80. The Hall–Kier alpha value is -1.88. The highest BCUT2D eigenvalue weighted by Crippen LogP contribution is 2.08. The Bertz CT molecular complexity index is 403. The van der Waals surface area contributed by atoms with Gasteiger partial charge in [-0.2, -0.15) is 0 Å². The number of aliphatic hydroxyl groups is 1. The summed E-state index contributed by atoms with van der Waals surface area (Å²) in [6.07, 6.45) is 0. The number of nitrogens with one attached hydrogen (secondary N) is 1. The molecule has 1 rings (SSSR count). The van der Waals surface area contributed by atoms with Gasteiger partial charge < -0.3 is 15.5 Å². The molecule has 0 fully saturated rings. The van der Waals surface area contributed by atoms with Crippen molar-refractivity contribution in [1.29, 1.82) is 0 Å². The highest BCUT2D eigenvalue weighted by Gasteiger charge is 2.16. The molecule has 16 heavy (non-hydrogen) atoms. The molecule has 0 aliphatic carbocycles. The van der Waals surface area contributed by atoms with Crippen molar-refractivity contribution in [3.8, 4) is 0 Å². The topological polar surface area (TPSA) is 86.6 Å². The van der Waals surface area contributed by atoms with E-state index in [4.69, 9.17) is 10.2 Å². The lowest BCUT2D eigenvalue weighted by molar-refractivity contribution is 0.0690. The van der Waals surface area contributed by atoms with Gasteiger partial charge in [0.05, 0.1) is 17.7 Å². The quantitative estimate of drug-likeness (QED) is 0.693. The summed E-state index contributed by atoms with van der Waals surface area (Å²) in [5.41, 5.74) is 0.0421. The Morgan fingerprint density at radius 1 is 1.31 bits per heavy atom. The van der Waals surface area contributed by atoms with Crippen molar-refractivity contribution in [3.63, 3.8) is 0 Å². The molecule has 1 atom stereocenters. The molecule has 1 amide bonds. The Morgan fingerprint density at radius 3 is 2.38 bits per heavy atom. The van der Waals surface area contributed by atoms with Crippen molar-refractivity contribution < 1.29 is 19.8 Å². The summed E-state index contributed by atoms with van der Waals surface area (Å²) in [7, 11) is 0. The van der Waals surface area contributed by atoms with Crippen molar-refractivity contribution in [2.75, 3.05) is 6.61 Å². The van der Waals surface area contributed by atoms with Crippen LogP contribution in [0, 0.1) is 0 Å². The van der Waals surface area contributed by atoms with Gasteiger partial charge in [-0.15, -0.1) is 0 Å². The fraction of sp³-hybridized carbons (Fsp3) is 0.273. The van der Waals surface area contributed by atoms with E-state index in [0.29, 0.717) is 0 Å². The highest BCUT2D eigenvalue weighted by molar-refractivity contribution is 6.04. The zero-order valence-corrected chi connectivity index (χ0v) is 8.80. The van der Waals surface area contributed by atoms with E-state index < -0.39 is 17.9 Å². The summed E-state index contributed by atoms with van der Waals surface area (Å²) in [6.45, 7) is 1.43. The molecule has 5 nitrogen and oxygen atoms in total. The van der Waals surface area contributed by atoms with Crippen LogP contribution in [0.15, 0.2) is 24.3 Å². The molecule has 0 aliphatic heterocycles. The van der Waals surface area contributed by atoms with E-state index in [1.165, 1.54) is 12.1 Å². The van der Waals surface area contributed by atoms with Crippen LogP contribution in [0.1, 0.15) is 27.6 Å². The second kappa shape index (κ2) is 5.27. The second-order valence-electron chi connectivity index (χ2n) is 3.41. The number of carboxylic acid groups (broad SMARTS) is 1. The largest absolute Gasteiger partial charge is 0.478 e. The molecule has 0 spiro atoms. The number of hydrogen-bond donors (Lipinski definition) is 3. The van der Waals surface area contributed by atoms with Crippen molar-refractivity contribution in [1.82, 2.24) is 5.32 Å². The summed E-state index contributed by atoms with van der Waals surface area (Å²) in [5.74, 6) is -1.65. The van der Waals surface area contributed by atoms with Gasteiger partial charge in [-0.3, -0.25) is 4.79 Å². The van der Waals surface area contributed by atoms with Gasteiger partial charge in [0.2, 0.25) is 0 Å². The SMILES string of the molecule is CC(CO)NC(=O)c1ccccc1C(=O)O. The average Bonchev–Trinajstić information content (AvgIpc) is 2.28. The van der Waals surface area contributed by atoms with E-state index in [0.717, 1.165) is 0 Å². The van der Waals surface area contributed by atoms with Crippen molar-refractivity contribution >= 4 is 11.9 Å². The molecule has 0 saturated heterocycles. The Kier molecular flexibility index (Phi) is 4.02. The van der Waals surface area contributed by atoms with Gasteiger partial charge in [0.1, 0.15) is 0 Å². The van der Waals surface area contributed by atoms with E-state index in [1.807, 2.05) is 0 Å². The molecular formula is C11H13NO4. The monoisotopic (exact) mass is 223 g/mol. The molecular weight excluding hydrogens is 210 g/mol. The van der Waals surface area contributed by atoms with Crippen LogP contribution in [0.4, 0.5) is 0 Å². The minimum Gasteiger partial charge on any atom is -0.478 e. The predicted molar refractivity (Wildman–Crippen MR) is 57.4 cm³/mol.